The Balaban J connectivity index is 1.81. The van der Waals surface area contributed by atoms with E-state index in [1.54, 1.807) is 4.90 Å². The maximum atomic E-state index is 13.1. The molecule has 2 heterocycles. The average Bonchev–Trinajstić information content (AvgIpc) is 2.97. The fourth-order valence-corrected chi connectivity index (χ4v) is 4.18. The van der Waals surface area contributed by atoms with Crippen molar-refractivity contribution in [1.29, 1.82) is 0 Å². The lowest BCUT2D eigenvalue weighted by Crippen LogP contribution is -2.35. The van der Waals surface area contributed by atoms with E-state index in [4.69, 9.17) is 21.5 Å². The number of amides is 1. The van der Waals surface area contributed by atoms with Gasteiger partial charge in [0.2, 0.25) is 10.0 Å². The van der Waals surface area contributed by atoms with Crippen LogP contribution in [-0.2, 0) is 16.2 Å². The number of ether oxygens (including phenoxy) is 1. The van der Waals surface area contributed by atoms with Crippen LogP contribution in [0.15, 0.2) is 35.4 Å². The number of methoxy groups -OCH3 is 1. The van der Waals surface area contributed by atoms with Gasteiger partial charge in [-0.1, -0.05) is 11.6 Å². The number of aromatic nitrogens is 1. The fourth-order valence-electron chi connectivity index (χ4n) is 3.35. The van der Waals surface area contributed by atoms with Crippen LogP contribution in [0.1, 0.15) is 22.3 Å². The molecule has 0 bridgehead atoms. The molecule has 0 unspecified atom stereocenters. The molecule has 1 aliphatic heterocycles. The van der Waals surface area contributed by atoms with Gasteiger partial charge in [0.1, 0.15) is 11.6 Å². The largest absolute Gasteiger partial charge is 0.496 e. The van der Waals surface area contributed by atoms with Crippen LogP contribution >= 0.6 is 11.6 Å². The third-order valence-corrected chi connectivity index (χ3v) is 6.15. The number of hydrogen-bond donors (Lipinski definition) is 1. The Labute approximate surface area is 187 Å². The van der Waals surface area contributed by atoms with Gasteiger partial charge in [0.25, 0.3) is 5.91 Å². The highest BCUT2D eigenvalue weighted by Crippen LogP contribution is 2.34. The van der Waals surface area contributed by atoms with Gasteiger partial charge >= 0.3 is 6.18 Å². The summed E-state index contributed by atoms with van der Waals surface area (Å²) >= 11 is 6.05. The van der Waals surface area contributed by atoms with Crippen LogP contribution in [0.5, 0.6) is 5.75 Å². The number of pyridine rings is 1. The molecule has 0 spiro atoms. The molecule has 1 aromatic carbocycles. The van der Waals surface area contributed by atoms with Crippen molar-refractivity contribution in [3.8, 4) is 5.75 Å². The van der Waals surface area contributed by atoms with E-state index in [9.17, 15) is 26.4 Å². The maximum Gasteiger partial charge on any atom is 0.417 e. The van der Waals surface area contributed by atoms with Crippen LogP contribution in [-0.4, -0.2) is 57.5 Å². The standard InChI is InChI=1S/C19H20ClF3N4O4S/c1-31-16-4-3-13(32(24,29)30)10-14(16)18(28)27-6-2-5-26(7-8-27)17-15(20)9-12(11-25-17)19(21,22)23/h3-4,9-11H,2,5-8H2,1H3,(H2,24,29,30). The van der Waals surface area contributed by atoms with Crippen molar-refractivity contribution in [1.82, 2.24) is 9.88 Å². The van der Waals surface area contributed by atoms with E-state index >= 15 is 0 Å². The number of rotatable bonds is 4. The smallest absolute Gasteiger partial charge is 0.417 e. The van der Waals surface area contributed by atoms with Crippen molar-refractivity contribution in [3.63, 3.8) is 0 Å². The van der Waals surface area contributed by atoms with Gasteiger partial charge in [-0.25, -0.2) is 18.5 Å². The van der Waals surface area contributed by atoms with E-state index in [-0.39, 0.29) is 40.1 Å². The number of benzene rings is 1. The molecule has 32 heavy (non-hydrogen) atoms. The summed E-state index contributed by atoms with van der Waals surface area (Å²) in [5.41, 5.74) is -0.905. The summed E-state index contributed by atoms with van der Waals surface area (Å²) in [5, 5.41) is 5.03. The van der Waals surface area contributed by atoms with Crippen LogP contribution in [0.25, 0.3) is 0 Å². The van der Waals surface area contributed by atoms with Crippen molar-refractivity contribution in [3.05, 3.63) is 46.6 Å². The Morgan fingerprint density at radius 2 is 1.91 bits per heavy atom. The van der Waals surface area contributed by atoms with Crippen molar-refractivity contribution >= 4 is 33.3 Å². The van der Waals surface area contributed by atoms with E-state index < -0.39 is 27.7 Å². The molecule has 2 N–H and O–H groups in total. The number of halogens is 4. The highest BCUT2D eigenvalue weighted by Gasteiger charge is 2.32. The zero-order valence-corrected chi connectivity index (χ0v) is 18.5. The number of alkyl halides is 3. The van der Waals surface area contributed by atoms with Gasteiger partial charge in [-0.2, -0.15) is 13.2 Å². The lowest BCUT2D eigenvalue weighted by atomic mass is 10.1. The van der Waals surface area contributed by atoms with Crippen molar-refractivity contribution in [2.45, 2.75) is 17.5 Å². The number of sulfonamides is 1. The quantitative estimate of drug-likeness (QED) is 0.703. The Morgan fingerprint density at radius 3 is 2.50 bits per heavy atom. The van der Waals surface area contributed by atoms with Gasteiger partial charge in [-0.05, 0) is 30.7 Å². The third kappa shape index (κ3) is 5.25. The van der Waals surface area contributed by atoms with Gasteiger partial charge in [0, 0.05) is 32.4 Å². The Kier molecular flexibility index (Phi) is 6.86. The molecule has 174 valence electrons. The zero-order chi connectivity index (χ0) is 23.7. The van der Waals surface area contributed by atoms with Crippen molar-refractivity contribution in [2.24, 2.45) is 5.14 Å². The zero-order valence-electron chi connectivity index (χ0n) is 16.9. The molecule has 2 aromatic rings. The Morgan fingerprint density at radius 1 is 1.19 bits per heavy atom. The molecule has 13 heteroatoms. The second-order valence-corrected chi connectivity index (χ2v) is 9.04. The number of primary sulfonamides is 1. The number of nitrogens with zero attached hydrogens (tertiary/aromatic N) is 3. The first kappa shape index (κ1) is 24.1. The van der Waals surface area contributed by atoms with Crippen LogP contribution in [0, 0.1) is 0 Å². The molecule has 1 amide bonds. The first-order valence-electron chi connectivity index (χ1n) is 9.39. The average molecular weight is 493 g/mol. The molecule has 1 saturated heterocycles. The number of carbonyl (C=O) groups excluding carboxylic acids is 1. The highest BCUT2D eigenvalue weighted by atomic mass is 35.5. The molecule has 1 aliphatic rings. The summed E-state index contributed by atoms with van der Waals surface area (Å²) < 4.78 is 67.1. The number of carbonyl (C=O) groups is 1. The molecule has 3 rings (SSSR count). The third-order valence-electron chi connectivity index (χ3n) is 4.96. The monoisotopic (exact) mass is 492 g/mol. The molecular weight excluding hydrogens is 473 g/mol. The molecule has 0 atom stereocenters. The van der Waals surface area contributed by atoms with Crippen molar-refractivity contribution < 1.29 is 31.1 Å². The molecule has 8 nitrogen and oxygen atoms in total. The summed E-state index contributed by atoms with van der Waals surface area (Å²) in [7, 11) is -2.67. The molecule has 0 saturated carbocycles. The first-order chi connectivity index (χ1) is 14.9. The van der Waals surface area contributed by atoms with E-state index in [1.807, 2.05) is 0 Å². The van der Waals surface area contributed by atoms with E-state index in [1.165, 1.54) is 24.1 Å². The first-order valence-corrected chi connectivity index (χ1v) is 11.3. The normalized spacial score (nSPS) is 15.4. The molecule has 1 aromatic heterocycles. The van der Waals surface area contributed by atoms with Crippen molar-refractivity contribution in [2.75, 3.05) is 38.2 Å². The van der Waals surface area contributed by atoms with Gasteiger partial charge in [-0.3, -0.25) is 4.79 Å². The Bertz CT molecular complexity index is 1130. The fraction of sp³-hybridized carbons (Fsp3) is 0.368. The lowest BCUT2D eigenvalue weighted by molar-refractivity contribution is -0.137. The van der Waals surface area contributed by atoms with E-state index in [0.717, 1.165) is 18.3 Å². The minimum Gasteiger partial charge on any atom is -0.496 e. The minimum absolute atomic E-state index is 0.0400. The topological polar surface area (TPSA) is 106 Å². The molecule has 1 fully saturated rings. The second-order valence-electron chi connectivity index (χ2n) is 7.07. The van der Waals surface area contributed by atoms with E-state index in [2.05, 4.69) is 4.98 Å². The maximum absolute atomic E-state index is 13.1. The summed E-state index contributed by atoms with van der Waals surface area (Å²) in [4.78, 5) is 20.0. The molecule has 0 aliphatic carbocycles. The predicted molar refractivity (Wildman–Crippen MR) is 111 cm³/mol. The van der Waals surface area contributed by atoms with Crippen LogP contribution < -0.4 is 14.8 Å². The van der Waals surface area contributed by atoms with Gasteiger partial charge < -0.3 is 14.5 Å². The Hall–Kier alpha value is -2.57. The van der Waals surface area contributed by atoms with Crippen LogP contribution in [0.3, 0.4) is 0 Å². The molecular formula is C19H20ClF3N4O4S. The van der Waals surface area contributed by atoms with Crippen LogP contribution in [0.2, 0.25) is 5.02 Å². The van der Waals surface area contributed by atoms with Gasteiger partial charge in [0.05, 0.1) is 28.2 Å². The predicted octanol–water partition coefficient (Wildman–Crippen LogP) is 2.76. The second kappa shape index (κ2) is 9.12. The highest BCUT2D eigenvalue weighted by molar-refractivity contribution is 7.89. The molecule has 0 radical (unpaired) electrons. The summed E-state index contributed by atoms with van der Waals surface area (Å²) in [6.45, 7) is 1.22. The number of nitrogens with two attached hydrogens (primary N) is 1. The van der Waals surface area contributed by atoms with Gasteiger partial charge in [0.15, 0.2) is 0 Å². The number of hydrogen-bond acceptors (Lipinski definition) is 6. The van der Waals surface area contributed by atoms with E-state index in [0.29, 0.717) is 19.5 Å². The SMILES string of the molecule is COc1ccc(S(N)(=O)=O)cc1C(=O)N1CCCN(c2ncc(C(F)(F)F)cc2Cl)CC1. The lowest BCUT2D eigenvalue weighted by Gasteiger charge is -2.24. The van der Waals surface area contributed by atoms with Crippen LogP contribution in [0.4, 0.5) is 19.0 Å². The summed E-state index contributed by atoms with van der Waals surface area (Å²) in [6.07, 6.45) is -3.34. The summed E-state index contributed by atoms with van der Waals surface area (Å²) in [6, 6.07) is 4.57. The summed E-state index contributed by atoms with van der Waals surface area (Å²) in [5.74, 6) is -0.0700. The number of anilines is 1. The minimum atomic E-state index is -4.55. The van der Waals surface area contributed by atoms with Gasteiger partial charge in [-0.15, -0.1) is 0 Å².